The fraction of sp³-hybridized carbons (Fsp3) is 0.273. The van der Waals surface area contributed by atoms with Crippen LogP contribution >= 0.6 is 0 Å². The topological polar surface area (TPSA) is 93.7 Å². The van der Waals surface area contributed by atoms with Crippen LogP contribution in [0.5, 0.6) is 17.2 Å². The molecule has 0 spiro atoms. The largest absolute Gasteiger partial charge is 0.511 e. The maximum absolute atomic E-state index is 12.9. The molecule has 0 fully saturated rings. The Bertz CT molecular complexity index is 1060. The molecule has 0 saturated carbocycles. The Labute approximate surface area is 167 Å². The number of para-hydroxylation sites is 2. The van der Waals surface area contributed by atoms with Crippen molar-refractivity contribution in [2.45, 2.75) is 18.8 Å². The molecule has 1 atom stereocenters. The number of Topliss-reactive ketones (excluding diaryl/α,β-unsaturated/α-hetero) is 1. The van der Waals surface area contributed by atoms with Crippen molar-refractivity contribution < 1.29 is 24.1 Å². The first-order valence-corrected chi connectivity index (χ1v) is 9.26. The van der Waals surface area contributed by atoms with Crippen LogP contribution in [0, 0.1) is 0 Å². The van der Waals surface area contributed by atoms with Gasteiger partial charge in [0.05, 0.1) is 37.9 Å². The summed E-state index contributed by atoms with van der Waals surface area (Å²) in [5.74, 6) is 1.58. The lowest BCUT2D eigenvalue weighted by atomic mass is 9.82. The zero-order valence-corrected chi connectivity index (χ0v) is 16.5. The Morgan fingerprint density at radius 2 is 1.72 bits per heavy atom. The van der Waals surface area contributed by atoms with Crippen LogP contribution in [0.15, 0.2) is 42.2 Å². The summed E-state index contributed by atoms with van der Waals surface area (Å²) >= 11 is 0. The normalized spacial score (nSPS) is 16.9. The SMILES string of the molecule is COc1cc(C2CC(=O)C(c3nc4ccccc4[nH]3)=C(O)C2)cc(OC)c1OC. The van der Waals surface area contributed by atoms with E-state index in [9.17, 15) is 9.90 Å². The van der Waals surface area contributed by atoms with Crippen LogP contribution in [0.2, 0.25) is 0 Å². The third kappa shape index (κ3) is 3.29. The monoisotopic (exact) mass is 394 g/mol. The van der Waals surface area contributed by atoms with Gasteiger partial charge in [0.25, 0.3) is 0 Å². The van der Waals surface area contributed by atoms with Crippen molar-refractivity contribution in [1.29, 1.82) is 0 Å². The second kappa shape index (κ2) is 7.50. The minimum atomic E-state index is -0.204. The van der Waals surface area contributed by atoms with E-state index in [4.69, 9.17) is 14.2 Å². The number of ether oxygens (including phenoxy) is 3. The molecule has 29 heavy (non-hydrogen) atoms. The first kappa shape index (κ1) is 18.9. The standard InChI is InChI=1S/C22H22N2O5/c1-27-18-10-13(11-19(28-2)21(18)29-3)12-8-16(25)20(17(26)9-12)22-23-14-6-4-5-7-15(14)24-22/h4-7,10-12,25H,8-9H2,1-3H3,(H,23,24). The number of methoxy groups -OCH3 is 3. The molecule has 0 amide bonds. The zero-order chi connectivity index (χ0) is 20.5. The molecule has 1 aromatic heterocycles. The number of carbonyl (C=O) groups is 1. The predicted molar refractivity (Wildman–Crippen MR) is 109 cm³/mol. The second-order valence-electron chi connectivity index (χ2n) is 6.91. The summed E-state index contributed by atoms with van der Waals surface area (Å²) in [7, 11) is 4.63. The lowest BCUT2D eigenvalue weighted by molar-refractivity contribution is -0.114. The number of nitrogens with one attached hydrogen (secondary N) is 1. The molecule has 7 nitrogen and oxygen atoms in total. The number of aromatic amines is 1. The third-order valence-corrected chi connectivity index (χ3v) is 5.22. The molecular weight excluding hydrogens is 372 g/mol. The Hall–Kier alpha value is -3.48. The van der Waals surface area contributed by atoms with Gasteiger partial charge in [-0.3, -0.25) is 4.79 Å². The molecule has 1 unspecified atom stereocenters. The third-order valence-electron chi connectivity index (χ3n) is 5.22. The highest BCUT2D eigenvalue weighted by Crippen LogP contribution is 2.44. The molecule has 1 heterocycles. The predicted octanol–water partition coefficient (Wildman–Crippen LogP) is 4.00. The second-order valence-corrected chi connectivity index (χ2v) is 6.91. The Morgan fingerprint density at radius 3 is 2.31 bits per heavy atom. The van der Waals surface area contributed by atoms with E-state index in [1.54, 1.807) is 21.3 Å². The molecule has 1 aliphatic rings. The molecular formula is C22H22N2O5. The number of fused-ring (bicyclic) bond motifs is 1. The highest BCUT2D eigenvalue weighted by molar-refractivity contribution is 6.21. The van der Waals surface area contributed by atoms with Crippen LogP contribution < -0.4 is 14.2 Å². The van der Waals surface area contributed by atoms with E-state index >= 15 is 0 Å². The molecule has 2 aromatic carbocycles. The maximum atomic E-state index is 12.9. The van der Waals surface area contributed by atoms with Crippen molar-refractivity contribution >= 4 is 22.4 Å². The number of ketones is 1. The smallest absolute Gasteiger partial charge is 0.203 e. The van der Waals surface area contributed by atoms with Crippen LogP contribution in [0.25, 0.3) is 16.6 Å². The van der Waals surface area contributed by atoms with E-state index < -0.39 is 0 Å². The average Bonchev–Trinajstić information content (AvgIpc) is 3.15. The number of aromatic nitrogens is 2. The quantitative estimate of drug-likeness (QED) is 0.679. The van der Waals surface area contributed by atoms with Gasteiger partial charge in [0.15, 0.2) is 17.3 Å². The fourth-order valence-electron chi connectivity index (χ4n) is 3.81. The number of carbonyl (C=O) groups excluding carboxylic acids is 1. The molecule has 7 heteroatoms. The molecule has 2 N–H and O–H groups in total. The summed E-state index contributed by atoms with van der Waals surface area (Å²) in [6.45, 7) is 0. The van der Waals surface area contributed by atoms with E-state index in [0.717, 1.165) is 16.6 Å². The average molecular weight is 394 g/mol. The summed E-state index contributed by atoms with van der Waals surface area (Å²) in [6.07, 6.45) is 0.561. The van der Waals surface area contributed by atoms with Gasteiger partial charge in [-0.2, -0.15) is 0 Å². The number of aliphatic hydroxyl groups excluding tert-OH is 1. The Kier molecular flexibility index (Phi) is 4.88. The first-order chi connectivity index (χ1) is 14.0. The Morgan fingerprint density at radius 1 is 1.03 bits per heavy atom. The van der Waals surface area contributed by atoms with Gasteiger partial charge in [-0.25, -0.2) is 4.98 Å². The minimum absolute atomic E-state index is 0.0269. The summed E-state index contributed by atoms with van der Waals surface area (Å²) < 4.78 is 16.2. The van der Waals surface area contributed by atoms with Gasteiger partial charge < -0.3 is 24.3 Å². The number of aliphatic hydroxyl groups is 1. The van der Waals surface area contributed by atoms with E-state index in [2.05, 4.69) is 9.97 Å². The molecule has 0 saturated heterocycles. The van der Waals surface area contributed by atoms with E-state index in [1.807, 2.05) is 36.4 Å². The molecule has 150 valence electrons. The van der Waals surface area contributed by atoms with Gasteiger partial charge in [-0.05, 0) is 35.7 Å². The van der Waals surface area contributed by atoms with Crippen molar-refractivity contribution in [2.75, 3.05) is 21.3 Å². The minimum Gasteiger partial charge on any atom is -0.511 e. The zero-order valence-electron chi connectivity index (χ0n) is 16.5. The van der Waals surface area contributed by atoms with Gasteiger partial charge in [-0.15, -0.1) is 0 Å². The number of hydrogen-bond donors (Lipinski definition) is 2. The van der Waals surface area contributed by atoms with Crippen molar-refractivity contribution in [3.63, 3.8) is 0 Å². The first-order valence-electron chi connectivity index (χ1n) is 9.26. The van der Waals surface area contributed by atoms with Crippen LogP contribution in [0.3, 0.4) is 0 Å². The number of allylic oxidation sites excluding steroid dienone is 2. The van der Waals surface area contributed by atoms with Gasteiger partial charge in [0, 0.05) is 12.8 Å². The van der Waals surface area contributed by atoms with E-state index in [-0.39, 0.29) is 29.5 Å². The van der Waals surface area contributed by atoms with Crippen molar-refractivity contribution in [1.82, 2.24) is 9.97 Å². The van der Waals surface area contributed by atoms with E-state index in [1.165, 1.54) is 0 Å². The van der Waals surface area contributed by atoms with Crippen molar-refractivity contribution in [2.24, 2.45) is 0 Å². The summed E-state index contributed by atoms with van der Waals surface area (Å²) in [4.78, 5) is 20.5. The summed E-state index contributed by atoms with van der Waals surface area (Å²) in [6, 6.07) is 11.2. The fourth-order valence-corrected chi connectivity index (χ4v) is 3.81. The van der Waals surface area contributed by atoms with Crippen LogP contribution in [0.4, 0.5) is 0 Å². The number of hydrogen-bond acceptors (Lipinski definition) is 6. The van der Waals surface area contributed by atoms with Gasteiger partial charge >= 0.3 is 0 Å². The molecule has 0 bridgehead atoms. The lowest BCUT2D eigenvalue weighted by Crippen LogP contribution is -2.18. The van der Waals surface area contributed by atoms with Gasteiger partial charge in [-0.1, -0.05) is 12.1 Å². The highest BCUT2D eigenvalue weighted by Gasteiger charge is 2.32. The summed E-state index contributed by atoms with van der Waals surface area (Å²) in [5, 5.41) is 10.7. The van der Waals surface area contributed by atoms with Crippen molar-refractivity contribution in [3.8, 4) is 17.2 Å². The molecule has 4 rings (SSSR count). The van der Waals surface area contributed by atoms with Gasteiger partial charge in [0.1, 0.15) is 11.6 Å². The highest BCUT2D eigenvalue weighted by atomic mass is 16.5. The maximum Gasteiger partial charge on any atom is 0.203 e. The number of H-pyrrole nitrogens is 1. The molecule has 3 aromatic rings. The number of rotatable bonds is 5. The Balaban J connectivity index is 1.71. The number of imidazole rings is 1. The van der Waals surface area contributed by atoms with Crippen LogP contribution in [0.1, 0.15) is 30.1 Å². The molecule has 0 aliphatic heterocycles. The summed E-state index contributed by atoms with van der Waals surface area (Å²) in [5.41, 5.74) is 2.66. The molecule has 1 aliphatic carbocycles. The van der Waals surface area contributed by atoms with Crippen molar-refractivity contribution in [3.05, 3.63) is 53.5 Å². The van der Waals surface area contributed by atoms with Crippen LogP contribution in [-0.2, 0) is 4.79 Å². The van der Waals surface area contributed by atoms with Gasteiger partial charge in [0.2, 0.25) is 5.75 Å². The lowest BCUT2D eigenvalue weighted by Gasteiger charge is -2.24. The number of benzene rings is 2. The number of nitrogens with zero attached hydrogens (tertiary/aromatic N) is 1. The van der Waals surface area contributed by atoms with Crippen LogP contribution in [-0.4, -0.2) is 42.2 Å². The molecule has 0 radical (unpaired) electrons. The van der Waals surface area contributed by atoms with E-state index in [0.29, 0.717) is 29.5 Å².